The highest BCUT2D eigenvalue weighted by molar-refractivity contribution is 7.71. The van der Waals surface area contributed by atoms with Gasteiger partial charge in [0.25, 0.3) is 5.56 Å². The number of aromatic amines is 1. The van der Waals surface area contributed by atoms with Gasteiger partial charge in [0.15, 0.2) is 4.77 Å². The van der Waals surface area contributed by atoms with Gasteiger partial charge in [-0.1, -0.05) is 0 Å². The second kappa shape index (κ2) is 4.79. The number of fused-ring (bicyclic) bond motifs is 3. The molecule has 2 aromatic rings. The normalized spacial score (nSPS) is 14.9. The summed E-state index contributed by atoms with van der Waals surface area (Å²) in [6.45, 7) is 4.37. The van der Waals surface area contributed by atoms with Gasteiger partial charge < -0.3 is 9.72 Å². The van der Waals surface area contributed by atoms with Crippen LogP contribution < -0.4 is 5.56 Å². The van der Waals surface area contributed by atoms with Crippen molar-refractivity contribution < 1.29 is 4.74 Å². The summed E-state index contributed by atoms with van der Waals surface area (Å²) in [4.78, 5) is 18.3. The Kier molecular flexibility index (Phi) is 3.35. The van der Waals surface area contributed by atoms with Crippen molar-refractivity contribution in [3.8, 4) is 0 Å². The van der Waals surface area contributed by atoms with Crippen molar-refractivity contribution in [2.45, 2.75) is 45.3 Å². The molecular formula is C14H18N2O2S2. The fourth-order valence-corrected chi connectivity index (χ4v) is 4.29. The molecular weight excluding hydrogens is 292 g/mol. The van der Waals surface area contributed by atoms with Gasteiger partial charge in [0.2, 0.25) is 0 Å². The molecule has 20 heavy (non-hydrogen) atoms. The summed E-state index contributed by atoms with van der Waals surface area (Å²) >= 11 is 7.03. The molecule has 0 spiro atoms. The first-order chi connectivity index (χ1) is 9.43. The smallest absolute Gasteiger partial charge is 0.263 e. The molecule has 0 aliphatic heterocycles. The van der Waals surface area contributed by atoms with Crippen molar-refractivity contribution in [2.75, 3.05) is 7.11 Å². The van der Waals surface area contributed by atoms with Crippen LogP contribution in [0.4, 0.5) is 0 Å². The van der Waals surface area contributed by atoms with E-state index in [1.54, 1.807) is 23.0 Å². The number of H-pyrrole nitrogens is 1. The molecule has 0 fully saturated rings. The third-order valence-corrected chi connectivity index (χ3v) is 5.47. The Hall–Kier alpha value is -0.980. The number of nitrogens with zero attached hydrogens (tertiary/aromatic N) is 1. The van der Waals surface area contributed by atoms with Crippen LogP contribution in [0.5, 0.6) is 0 Å². The molecule has 0 radical (unpaired) electrons. The molecule has 0 unspecified atom stereocenters. The standard InChI is InChI=1S/C14H18N2O2S2/c1-14(2,18-3)7-16-12(17)10-8-5-4-6-9(8)20-11(10)15-13(16)19/h4-7H2,1-3H3,(H,15,19). The maximum atomic E-state index is 12.8. The van der Waals surface area contributed by atoms with Crippen LogP contribution in [-0.2, 0) is 24.1 Å². The van der Waals surface area contributed by atoms with Crippen molar-refractivity contribution in [2.24, 2.45) is 0 Å². The number of aromatic nitrogens is 2. The van der Waals surface area contributed by atoms with Gasteiger partial charge >= 0.3 is 0 Å². The molecule has 3 rings (SSSR count). The fraction of sp³-hybridized carbons (Fsp3) is 0.571. The predicted octanol–water partition coefficient (Wildman–Crippen LogP) is 3.03. The highest BCUT2D eigenvalue weighted by Gasteiger charge is 2.24. The Morgan fingerprint density at radius 2 is 2.20 bits per heavy atom. The number of hydrogen-bond donors (Lipinski definition) is 1. The van der Waals surface area contributed by atoms with E-state index in [4.69, 9.17) is 17.0 Å². The predicted molar refractivity (Wildman–Crippen MR) is 84.4 cm³/mol. The van der Waals surface area contributed by atoms with E-state index in [0.717, 1.165) is 29.5 Å². The first kappa shape index (κ1) is 14.0. The lowest BCUT2D eigenvalue weighted by atomic mass is 10.1. The molecule has 6 heteroatoms. The summed E-state index contributed by atoms with van der Waals surface area (Å²) in [6, 6.07) is 0. The van der Waals surface area contributed by atoms with Crippen LogP contribution in [0.2, 0.25) is 0 Å². The topological polar surface area (TPSA) is 47.0 Å². The van der Waals surface area contributed by atoms with Crippen LogP contribution in [0.1, 0.15) is 30.7 Å². The Labute approximate surface area is 126 Å². The highest BCUT2D eigenvalue weighted by atomic mass is 32.1. The lowest BCUT2D eigenvalue weighted by molar-refractivity contribution is 0.00696. The van der Waals surface area contributed by atoms with Crippen LogP contribution in [0.3, 0.4) is 0 Å². The van der Waals surface area contributed by atoms with Gasteiger partial charge in [0, 0.05) is 12.0 Å². The van der Waals surface area contributed by atoms with Crippen molar-refractivity contribution >= 4 is 33.8 Å². The first-order valence-corrected chi connectivity index (χ1v) is 7.98. The van der Waals surface area contributed by atoms with Gasteiger partial charge in [-0.25, -0.2) is 0 Å². The van der Waals surface area contributed by atoms with Crippen molar-refractivity contribution in [1.82, 2.24) is 9.55 Å². The van der Waals surface area contributed by atoms with E-state index >= 15 is 0 Å². The Morgan fingerprint density at radius 1 is 1.45 bits per heavy atom. The number of rotatable bonds is 3. The number of thiophene rings is 1. The third kappa shape index (κ3) is 2.16. The molecule has 4 nitrogen and oxygen atoms in total. The van der Waals surface area contributed by atoms with Crippen LogP contribution in [0.25, 0.3) is 10.2 Å². The molecule has 1 aliphatic rings. The van der Waals surface area contributed by atoms with Crippen molar-refractivity contribution in [1.29, 1.82) is 0 Å². The third-order valence-electron chi connectivity index (χ3n) is 3.94. The summed E-state index contributed by atoms with van der Waals surface area (Å²) in [5.74, 6) is 0. The minimum Gasteiger partial charge on any atom is -0.377 e. The second-order valence-electron chi connectivity index (χ2n) is 5.85. The molecule has 0 saturated carbocycles. The number of methoxy groups -OCH3 is 1. The number of aryl methyl sites for hydroxylation is 2. The van der Waals surface area contributed by atoms with Crippen molar-refractivity contribution in [3.05, 3.63) is 25.6 Å². The average Bonchev–Trinajstić information content (AvgIpc) is 2.94. The summed E-state index contributed by atoms with van der Waals surface area (Å²) < 4.78 is 7.53. The molecule has 0 bridgehead atoms. The summed E-state index contributed by atoms with van der Waals surface area (Å²) in [6.07, 6.45) is 3.23. The van der Waals surface area contributed by atoms with E-state index in [0.29, 0.717) is 11.3 Å². The minimum atomic E-state index is -0.419. The second-order valence-corrected chi connectivity index (χ2v) is 7.34. The van der Waals surface area contributed by atoms with Gasteiger partial charge in [-0.05, 0) is 50.9 Å². The molecule has 1 N–H and O–H groups in total. The largest absolute Gasteiger partial charge is 0.377 e. The van der Waals surface area contributed by atoms with Gasteiger partial charge in [-0.15, -0.1) is 11.3 Å². The molecule has 1 aliphatic carbocycles. The molecule has 0 amide bonds. The van der Waals surface area contributed by atoms with Crippen LogP contribution in [0.15, 0.2) is 4.79 Å². The molecule has 0 atom stereocenters. The highest BCUT2D eigenvalue weighted by Crippen LogP contribution is 2.34. The van der Waals surface area contributed by atoms with Crippen LogP contribution in [-0.4, -0.2) is 22.3 Å². The summed E-state index contributed by atoms with van der Waals surface area (Å²) in [5.41, 5.74) is 0.830. The van der Waals surface area contributed by atoms with E-state index in [1.807, 2.05) is 13.8 Å². The lowest BCUT2D eigenvalue weighted by Crippen LogP contribution is -2.35. The van der Waals surface area contributed by atoms with E-state index in [9.17, 15) is 4.79 Å². The number of nitrogens with one attached hydrogen (secondary N) is 1. The number of ether oxygens (including phenoxy) is 1. The Bertz CT molecular complexity index is 783. The monoisotopic (exact) mass is 310 g/mol. The Balaban J connectivity index is 2.23. The SMILES string of the molecule is COC(C)(C)Cn1c(=S)[nH]c2sc3c(c2c1=O)CCC3. The minimum absolute atomic E-state index is 0.0216. The summed E-state index contributed by atoms with van der Waals surface area (Å²) in [7, 11) is 1.65. The average molecular weight is 310 g/mol. The van der Waals surface area contributed by atoms with E-state index in [1.165, 1.54) is 10.4 Å². The molecule has 2 heterocycles. The van der Waals surface area contributed by atoms with Gasteiger partial charge in [-0.2, -0.15) is 0 Å². The zero-order valence-corrected chi connectivity index (χ0v) is 13.5. The van der Waals surface area contributed by atoms with E-state index in [-0.39, 0.29) is 5.56 Å². The van der Waals surface area contributed by atoms with Crippen LogP contribution in [0, 0.1) is 4.77 Å². The first-order valence-electron chi connectivity index (χ1n) is 6.75. The zero-order valence-electron chi connectivity index (χ0n) is 11.9. The molecule has 0 aromatic carbocycles. The molecule has 2 aromatic heterocycles. The molecule has 108 valence electrons. The van der Waals surface area contributed by atoms with Crippen LogP contribution >= 0.6 is 23.6 Å². The van der Waals surface area contributed by atoms with E-state index < -0.39 is 5.60 Å². The summed E-state index contributed by atoms with van der Waals surface area (Å²) in [5, 5.41) is 0.836. The van der Waals surface area contributed by atoms with Crippen molar-refractivity contribution in [3.63, 3.8) is 0 Å². The van der Waals surface area contributed by atoms with E-state index in [2.05, 4.69) is 4.98 Å². The Morgan fingerprint density at radius 3 is 2.90 bits per heavy atom. The fourth-order valence-electron chi connectivity index (χ4n) is 2.70. The lowest BCUT2D eigenvalue weighted by Gasteiger charge is -2.23. The molecule has 0 saturated heterocycles. The van der Waals surface area contributed by atoms with Gasteiger partial charge in [0.05, 0.1) is 17.5 Å². The quantitative estimate of drug-likeness (QED) is 0.887. The maximum absolute atomic E-state index is 12.8. The van der Waals surface area contributed by atoms with Gasteiger partial charge in [-0.3, -0.25) is 9.36 Å². The number of hydrogen-bond acceptors (Lipinski definition) is 4. The van der Waals surface area contributed by atoms with Gasteiger partial charge in [0.1, 0.15) is 4.83 Å². The zero-order chi connectivity index (χ0) is 14.5. The maximum Gasteiger partial charge on any atom is 0.263 e.